The number of anilines is 1. The van der Waals surface area contributed by atoms with Crippen LogP contribution in [0.4, 0.5) is 18.9 Å². The summed E-state index contributed by atoms with van der Waals surface area (Å²) in [6.07, 6.45) is -3.81. The van der Waals surface area contributed by atoms with E-state index in [4.69, 9.17) is 4.74 Å². The van der Waals surface area contributed by atoms with Crippen LogP contribution in [0, 0.1) is 0 Å². The van der Waals surface area contributed by atoms with Crippen molar-refractivity contribution in [1.82, 2.24) is 5.32 Å². The van der Waals surface area contributed by atoms with Crippen LogP contribution in [0.5, 0.6) is 5.75 Å². The molecule has 0 fully saturated rings. The number of hydrogen-bond donors (Lipinski definition) is 1. The number of carbonyl (C=O) groups excluding carboxylic acids is 1. The number of sulfonamides is 1. The van der Waals surface area contributed by atoms with Crippen molar-refractivity contribution in [3.63, 3.8) is 0 Å². The third-order valence-corrected chi connectivity index (χ3v) is 5.70. The van der Waals surface area contributed by atoms with Gasteiger partial charge in [0.1, 0.15) is 18.9 Å². The monoisotopic (exact) mass is 472 g/mol. The Morgan fingerprint density at radius 3 is 2.19 bits per heavy atom. The first kappa shape index (κ1) is 25.5. The maximum atomic E-state index is 13.0. The number of benzene rings is 2. The van der Waals surface area contributed by atoms with Crippen molar-refractivity contribution in [2.75, 3.05) is 30.3 Å². The number of rotatable bonds is 8. The molecule has 0 heterocycles. The molecule has 176 valence electrons. The Labute approximate surface area is 186 Å². The summed E-state index contributed by atoms with van der Waals surface area (Å²) in [7, 11) is -3.99. The standard InChI is InChI=1S/C22H27F3N2O4S/c1-21(2,3)16-8-10-19(11-9-16)31-13-12-26-20(28)15-27(32(4,29)30)18-7-5-6-17(14-18)22(23,24)25/h5-11,14H,12-13,15H2,1-4H3,(H,26,28). The number of amides is 1. The Hall–Kier alpha value is -2.75. The minimum absolute atomic E-state index is 0.0115. The highest BCUT2D eigenvalue weighted by molar-refractivity contribution is 7.92. The van der Waals surface area contributed by atoms with Gasteiger partial charge < -0.3 is 10.1 Å². The van der Waals surface area contributed by atoms with E-state index in [9.17, 15) is 26.4 Å². The van der Waals surface area contributed by atoms with Crippen molar-refractivity contribution in [2.45, 2.75) is 32.4 Å². The van der Waals surface area contributed by atoms with Gasteiger partial charge in [-0.15, -0.1) is 0 Å². The number of nitrogens with one attached hydrogen (secondary N) is 1. The van der Waals surface area contributed by atoms with Crippen LogP contribution in [0.1, 0.15) is 31.9 Å². The summed E-state index contributed by atoms with van der Waals surface area (Å²) in [6, 6.07) is 11.4. The summed E-state index contributed by atoms with van der Waals surface area (Å²) in [5.74, 6) is -0.0477. The minimum Gasteiger partial charge on any atom is -0.492 e. The number of nitrogens with zero attached hydrogens (tertiary/aromatic N) is 1. The fraction of sp³-hybridized carbons (Fsp3) is 0.409. The van der Waals surface area contributed by atoms with Gasteiger partial charge in [-0.05, 0) is 41.3 Å². The second-order valence-electron chi connectivity index (χ2n) is 8.29. The number of alkyl halides is 3. The van der Waals surface area contributed by atoms with Gasteiger partial charge in [-0.1, -0.05) is 39.0 Å². The minimum atomic E-state index is -4.64. The molecular formula is C22H27F3N2O4S. The van der Waals surface area contributed by atoms with Crippen molar-refractivity contribution in [3.8, 4) is 5.75 Å². The molecule has 0 aromatic heterocycles. The highest BCUT2D eigenvalue weighted by Crippen LogP contribution is 2.32. The van der Waals surface area contributed by atoms with Crippen LogP contribution in [-0.4, -0.2) is 40.3 Å². The first-order valence-electron chi connectivity index (χ1n) is 9.83. The Balaban J connectivity index is 1.95. The van der Waals surface area contributed by atoms with Gasteiger partial charge in [0, 0.05) is 0 Å². The van der Waals surface area contributed by atoms with Crippen LogP contribution >= 0.6 is 0 Å². The van der Waals surface area contributed by atoms with E-state index in [1.54, 1.807) is 0 Å². The third-order valence-electron chi connectivity index (χ3n) is 4.56. The van der Waals surface area contributed by atoms with Gasteiger partial charge in [0.15, 0.2) is 0 Å². The average molecular weight is 473 g/mol. The van der Waals surface area contributed by atoms with Crippen molar-refractivity contribution in [2.24, 2.45) is 0 Å². The summed E-state index contributed by atoms with van der Waals surface area (Å²) in [5, 5.41) is 2.51. The van der Waals surface area contributed by atoms with Gasteiger partial charge in [-0.25, -0.2) is 8.42 Å². The van der Waals surface area contributed by atoms with Crippen LogP contribution in [0.3, 0.4) is 0 Å². The molecule has 32 heavy (non-hydrogen) atoms. The summed E-state index contributed by atoms with van der Waals surface area (Å²) in [4.78, 5) is 12.2. The van der Waals surface area contributed by atoms with E-state index in [1.807, 2.05) is 24.3 Å². The molecular weight excluding hydrogens is 445 g/mol. The molecule has 2 rings (SSSR count). The molecule has 0 unspecified atom stereocenters. The molecule has 6 nitrogen and oxygen atoms in total. The second-order valence-corrected chi connectivity index (χ2v) is 10.2. The van der Waals surface area contributed by atoms with E-state index in [1.165, 1.54) is 6.07 Å². The molecule has 0 saturated heterocycles. The van der Waals surface area contributed by atoms with Crippen LogP contribution < -0.4 is 14.4 Å². The molecule has 2 aromatic carbocycles. The lowest BCUT2D eigenvalue weighted by Gasteiger charge is -2.23. The lowest BCUT2D eigenvalue weighted by molar-refractivity contribution is -0.137. The first-order valence-corrected chi connectivity index (χ1v) is 11.7. The molecule has 0 aliphatic carbocycles. The maximum Gasteiger partial charge on any atom is 0.416 e. The Morgan fingerprint density at radius 1 is 1.03 bits per heavy atom. The van der Waals surface area contributed by atoms with Gasteiger partial charge in [0.2, 0.25) is 15.9 Å². The zero-order valence-electron chi connectivity index (χ0n) is 18.4. The van der Waals surface area contributed by atoms with Gasteiger partial charge in [-0.2, -0.15) is 13.2 Å². The number of carbonyl (C=O) groups is 1. The number of halogens is 3. The summed E-state index contributed by atoms with van der Waals surface area (Å²) in [5.41, 5.74) is -0.0892. The number of ether oxygens (including phenoxy) is 1. The zero-order chi connectivity index (χ0) is 24.2. The van der Waals surface area contributed by atoms with Crippen molar-refractivity contribution < 1.29 is 31.1 Å². The van der Waals surface area contributed by atoms with Gasteiger partial charge in [-0.3, -0.25) is 9.10 Å². The van der Waals surface area contributed by atoms with Crippen molar-refractivity contribution >= 4 is 21.6 Å². The fourth-order valence-corrected chi connectivity index (χ4v) is 3.68. The molecule has 0 atom stereocenters. The fourth-order valence-electron chi connectivity index (χ4n) is 2.83. The summed E-state index contributed by atoms with van der Waals surface area (Å²) >= 11 is 0. The molecule has 0 saturated carbocycles. The maximum absolute atomic E-state index is 13.0. The van der Waals surface area contributed by atoms with E-state index < -0.39 is 34.2 Å². The Morgan fingerprint density at radius 2 is 1.66 bits per heavy atom. The molecule has 0 spiro atoms. The van der Waals surface area contributed by atoms with E-state index >= 15 is 0 Å². The van der Waals surface area contributed by atoms with Gasteiger partial charge in [0.25, 0.3) is 0 Å². The smallest absolute Gasteiger partial charge is 0.416 e. The number of hydrogen-bond acceptors (Lipinski definition) is 4. The zero-order valence-corrected chi connectivity index (χ0v) is 19.2. The van der Waals surface area contributed by atoms with Crippen molar-refractivity contribution in [1.29, 1.82) is 0 Å². The molecule has 1 N–H and O–H groups in total. The van der Waals surface area contributed by atoms with Gasteiger partial charge >= 0.3 is 6.18 Å². The highest BCUT2D eigenvalue weighted by Gasteiger charge is 2.32. The molecule has 0 aliphatic rings. The lowest BCUT2D eigenvalue weighted by Crippen LogP contribution is -2.41. The SMILES string of the molecule is CC(C)(C)c1ccc(OCCNC(=O)CN(c2cccc(C(F)(F)F)c2)S(C)(=O)=O)cc1. The topological polar surface area (TPSA) is 75.7 Å². The molecule has 10 heteroatoms. The largest absolute Gasteiger partial charge is 0.492 e. The van der Waals surface area contributed by atoms with Crippen molar-refractivity contribution in [3.05, 3.63) is 59.7 Å². The average Bonchev–Trinajstić information content (AvgIpc) is 2.68. The van der Waals surface area contributed by atoms with E-state index in [0.29, 0.717) is 16.1 Å². The summed E-state index contributed by atoms with van der Waals surface area (Å²) in [6.45, 7) is 5.87. The Kier molecular flexibility index (Phi) is 7.82. The van der Waals surface area contributed by atoms with Crippen LogP contribution in [0.15, 0.2) is 48.5 Å². The first-order chi connectivity index (χ1) is 14.7. The Bertz CT molecular complexity index is 1030. The molecule has 2 aromatic rings. The lowest BCUT2D eigenvalue weighted by atomic mass is 9.87. The van der Waals surface area contributed by atoms with Crippen LogP contribution in [-0.2, 0) is 26.4 Å². The van der Waals surface area contributed by atoms with E-state index in [0.717, 1.165) is 24.0 Å². The molecule has 1 amide bonds. The third kappa shape index (κ3) is 7.44. The van der Waals surface area contributed by atoms with Gasteiger partial charge in [0.05, 0.1) is 24.1 Å². The second kappa shape index (κ2) is 9.81. The molecule has 0 aliphatic heterocycles. The quantitative estimate of drug-likeness (QED) is 0.590. The van der Waals surface area contributed by atoms with E-state index in [-0.39, 0.29) is 24.3 Å². The van der Waals surface area contributed by atoms with Crippen LogP contribution in [0.2, 0.25) is 0 Å². The predicted molar refractivity (Wildman–Crippen MR) is 117 cm³/mol. The van der Waals surface area contributed by atoms with Crippen LogP contribution in [0.25, 0.3) is 0 Å². The normalized spacial score (nSPS) is 12.3. The van der Waals surface area contributed by atoms with E-state index in [2.05, 4.69) is 26.1 Å². The molecule has 0 bridgehead atoms. The summed E-state index contributed by atoms with van der Waals surface area (Å²) < 4.78 is 69.2. The predicted octanol–water partition coefficient (Wildman–Crippen LogP) is 3.96. The molecule has 0 radical (unpaired) electrons. The highest BCUT2D eigenvalue weighted by atomic mass is 32.2.